The first kappa shape index (κ1) is 19.1. The molecule has 1 N–H and O–H groups in total. The van der Waals surface area contributed by atoms with Gasteiger partial charge in [0.2, 0.25) is 0 Å². The van der Waals surface area contributed by atoms with Gasteiger partial charge in [0.1, 0.15) is 5.75 Å². The second-order valence-electron chi connectivity index (χ2n) is 5.47. The Labute approximate surface area is 151 Å². The van der Waals surface area contributed by atoms with Crippen molar-refractivity contribution in [3.63, 3.8) is 0 Å². The van der Waals surface area contributed by atoms with Crippen LogP contribution in [0, 0.1) is 6.92 Å². The average Bonchev–Trinajstić information content (AvgIpc) is 2.64. The van der Waals surface area contributed by atoms with E-state index in [4.69, 9.17) is 19.3 Å². The van der Waals surface area contributed by atoms with E-state index in [0.29, 0.717) is 11.3 Å². The van der Waals surface area contributed by atoms with Crippen LogP contribution in [0.4, 0.5) is 0 Å². The van der Waals surface area contributed by atoms with Crippen molar-refractivity contribution < 1.29 is 28.9 Å². The molecule has 0 radical (unpaired) electrons. The summed E-state index contributed by atoms with van der Waals surface area (Å²) < 4.78 is 15.5. The van der Waals surface area contributed by atoms with E-state index in [9.17, 15) is 9.59 Å². The van der Waals surface area contributed by atoms with Crippen molar-refractivity contribution in [2.75, 3.05) is 20.8 Å². The molecule has 136 valence electrons. The van der Waals surface area contributed by atoms with Gasteiger partial charge in [0, 0.05) is 5.56 Å². The number of hydrogen-bond donors (Lipinski definition) is 1. The summed E-state index contributed by atoms with van der Waals surface area (Å²) in [7, 11) is 3.03. The van der Waals surface area contributed by atoms with E-state index in [2.05, 4.69) is 0 Å². The molecule has 2 aromatic carbocycles. The van der Waals surface area contributed by atoms with Crippen LogP contribution < -0.4 is 14.2 Å². The minimum absolute atomic E-state index is 0.207. The van der Waals surface area contributed by atoms with Crippen LogP contribution in [0.2, 0.25) is 0 Å². The van der Waals surface area contributed by atoms with Crippen molar-refractivity contribution in [2.45, 2.75) is 6.92 Å². The third-order valence-electron chi connectivity index (χ3n) is 3.65. The average molecular weight is 356 g/mol. The molecule has 0 unspecified atom stereocenters. The normalized spacial score (nSPS) is 10.6. The minimum atomic E-state index is -1.09. The first-order valence-corrected chi connectivity index (χ1v) is 7.84. The summed E-state index contributed by atoms with van der Waals surface area (Å²) in [6, 6.07) is 10.2. The number of carboxylic acids is 1. The van der Waals surface area contributed by atoms with Crippen molar-refractivity contribution in [3.05, 3.63) is 59.2 Å². The van der Waals surface area contributed by atoms with Gasteiger partial charge in [-0.05, 0) is 54.5 Å². The van der Waals surface area contributed by atoms with Crippen LogP contribution in [0.25, 0.3) is 6.08 Å². The zero-order valence-corrected chi connectivity index (χ0v) is 14.8. The number of allylic oxidation sites excluding steroid dienone is 1. The Balaban J connectivity index is 2.16. The molecule has 2 rings (SSSR count). The third kappa shape index (κ3) is 4.86. The smallest absolute Gasteiger partial charge is 0.341 e. The van der Waals surface area contributed by atoms with Crippen molar-refractivity contribution in [2.24, 2.45) is 0 Å². The van der Waals surface area contributed by atoms with Crippen LogP contribution in [0.1, 0.15) is 21.5 Å². The van der Waals surface area contributed by atoms with Gasteiger partial charge in [0.25, 0.3) is 0 Å². The first-order valence-electron chi connectivity index (χ1n) is 7.84. The number of carbonyl (C=O) groups is 2. The molecule has 0 aliphatic heterocycles. The lowest BCUT2D eigenvalue weighted by molar-refractivity contribution is -0.139. The molecule has 0 atom stereocenters. The van der Waals surface area contributed by atoms with E-state index in [-0.39, 0.29) is 11.5 Å². The maximum atomic E-state index is 12.4. The Morgan fingerprint density at radius 2 is 1.69 bits per heavy atom. The number of methoxy groups -OCH3 is 2. The largest absolute Gasteiger partial charge is 0.496 e. The topological polar surface area (TPSA) is 82.1 Å². The lowest BCUT2D eigenvalue weighted by atomic mass is 10.1. The van der Waals surface area contributed by atoms with Gasteiger partial charge >= 0.3 is 5.97 Å². The predicted octanol–water partition coefficient (Wildman–Crippen LogP) is 3.37. The molecule has 6 heteroatoms. The molecule has 2 aromatic rings. The summed E-state index contributed by atoms with van der Waals surface area (Å²) in [5.74, 6) is 0.0497. The van der Waals surface area contributed by atoms with Crippen molar-refractivity contribution in [1.29, 1.82) is 0 Å². The van der Waals surface area contributed by atoms with Crippen LogP contribution in [0.3, 0.4) is 0 Å². The van der Waals surface area contributed by atoms with E-state index in [1.807, 2.05) is 25.1 Å². The number of hydrogen-bond acceptors (Lipinski definition) is 5. The molecule has 0 saturated heterocycles. The molecule has 6 nitrogen and oxygen atoms in total. The van der Waals surface area contributed by atoms with Crippen LogP contribution in [-0.2, 0) is 4.79 Å². The highest BCUT2D eigenvalue weighted by atomic mass is 16.5. The number of aliphatic carboxylic acids is 1. The van der Waals surface area contributed by atoms with Crippen LogP contribution in [-0.4, -0.2) is 37.7 Å². The molecule has 0 fully saturated rings. The third-order valence-corrected chi connectivity index (χ3v) is 3.65. The predicted molar refractivity (Wildman–Crippen MR) is 97.2 cm³/mol. The summed E-state index contributed by atoms with van der Waals surface area (Å²) in [5, 5.41) is 8.67. The Morgan fingerprint density at radius 1 is 1.00 bits per heavy atom. The Bertz CT molecular complexity index is 838. The molecule has 0 aliphatic rings. The number of carbonyl (C=O) groups excluding carboxylic acids is 1. The summed E-state index contributed by atoms with van der Waals surface area (Å²) in [5.41, 5.74) is 2.26. The van der Waals surface area contributed by atoms with Crippen molar-refractivity contribution >= 4 is 17.8 Å². The number of carboxylic acid groups (broad SMARTS) is 1. The van der Waals surface area contributed by atoms with E-state index in [1.54, 1.807) is 19.3 Å². The Hall–Kier alpha value is -3.28. The number of ketones is 1. The number of benzene rings is 2. The maximum Gasteiger partial charge on any atom is 0.341 e. The second kappa shape index (κ2) is 8.71. The van der Waals surface area contributed by atoms with Gasteiger partial charge in [-0.2, -0.15) is 0 Å². The summed E-state index contributed by atoms with van der Waals surface area (Å²) in [6.45, 7) is 1.44. The highest BCUT2D eigenvalue weighted by Crippen LogP contribution is 2.28. The van der Waals surface area contributed by atoms with Gasteiger partial charge in [-0.3, -0.25) is 4.79 Å². The molecule has 0 aliphatic carbocycles. The fraction of sp³-hybridized carbons (Fsp3) is 0.200. The molecular formula is C20H20O6. The fourth-order valence-corrected chi connectivity index (χ4v) is 2.35. The highest BCUT2D eigenvalue weighted by molar-refractivity contribution is 6.07. The monoisotopic (exact) mass is 356 g/mol. The lowest BCUT2D eigenvalue weighted by Gasteiger charge is -2.10. The van der Waals surface area contributed by atoms with E-state index in [0.717, 1.165) is 16.9 Å². The number of ether oxygens (including phenoxy) is 3. The van der Waals surface area contributed by atoms with Gasteiger partial charge in [-0.1, -0.05) is 12.1 Å². The van der Waals surface area contributed by atoms with Gasteiger partial charge in [0.05, 0.1) is 14.2 Å². The summed E-state index contributed by atoms with van der Waals surface area (Å²) >= 11 is 0. The van der Waals surface area contributed by atoms with E-state index in [1.165, 1.54) is 25.3 Å². The molecular weight excluding hydrogens is 336 g/mol. The SMILES string of the molecule is COc1ccc(/C=C/C(=O)c2ccc(OCC(=O)O)c(OC)c2)cc1C. The molecule has 0 heterocycles. The maximum absolute atomic E-state index is 12.4. The molecule has 0 bridgehead atoms. The van der Waals surface area contributed by atoms with Crippen LogP contribution in [0.5, 0.6) is 17.2 Å². The van der Waals surface area contributed by atoms with Crippen LogP contribution in [0.15, 0.2) is 42.5 Å². The lowest BCUT2D eigenvalue weighted by Crippen LogP contribution is -2.10. The number of aryl methyl sites for hydroxylation is 1. The Kier molecular flexibility index (Phi) is 6.38. The minimum Gasteiger partial charge on any atom is -0.496 e. The molecule has 0 amide bonds. The van der Waals surface area contributed by atoms with Crippen LogP contribution >= 0.6 is 0 Å². The second-order valence-corrected chi connectivity index (χ2v) is 5.47. The summed E-state index contributed by atoms with van der Waals surface area (Å²) in [4.78, 5) is 23.0. The molecule has 0 saturated carbocycles. The van der Waals surface area contributed by atoms with Gasteiger partial charge in [-0.25, -0.2) is 4.79 Å². The zero-order valence-electron chi connectivity index (χ0n) is 14.8. The van der Waals surface area contributed by atoms with E-state index >= 15 is 0 Å². The van der Waals surface area contributed by atoms with Crippen molar-refractivity contribution in [1.82, 2.24) is 0 Å². The van der Waals surface area contributed by atoms with Gasteiger partial charge in [0.15, 0.2) is 23.9 Å². The zero-order chi connectivity index (χ0) is 19.1. The quantitative estimate of drug-likeness (QED) is 0.577. The summed E-state index contributed by atoms with van der Waals surface area (Å²) in [6.07, 6.45) is 3.18. The van der Waals surface area contributed by atoms with E-state index < -0.39 is 12.6 Å². The fourth-order valence-electron chi connectivity index (χ4n) is 2.35. The molecule has 0 aromatic heterocycles. The van der Waals surface area contributed by atoms with Gasteiger partial charge in [-0.15, -0.1) is 0 Å². The number of rotatable bonds is 8. The molecule has 26 heavy (non-hydrogen) atoms. The highest BCUT2D eigenvalue weighted by Gasteiger charge is 2.11. The Morgan fingerprint density at radius 3 is 2.31 bits per heavy atom. The standard InChI is InChI=1S/C20H20O6/c1-13-10-14(5-8-17(13)24-2)4-7-16(21)15-6-9-18(19(11-15)25-3)26-12-20(22)23/h4-11H,12H2,1-3H3,(H,22,23)/b7-4+. The van der Waals surface area contributed by atoms with Gasteiger partial charge < -0.3 is 19.3 Å². The first-order chi connectivity index (χ1) is 12.4. The van der Waals surface area contributed by atoms with Crippen molar-refractivity contribution in [3.8, 4) is 17.2 Å². The molecule has 0 spiro atoms.